The zero-order valence-electron chi connectivity index (χ0n) is 16.8. The highest BCUT2D eigenvalue weighted by Gasteiger charge is 2.62. The summed E-state index contributed by atoms with van der Waals surface area (Å²) in [5.41, 5.74) is 0. The molecule has 7 atom stereocenters. The average molecular weight is 394 g/mol. The van der Waals surface area contributed by atoms with E-state index in [2.05, 4.69) is 13.8 Å². The summed E-state index contributed by atoms with van der Waals surface area (Å²) in [5.74, 6) is -2.32. The minimum Gasteiger partial charge on any atom is -0.408 e. The molecule has 0 aromatic carbocycles. The first-order valence-electron chi connectivity index (χ1n) is 9.09. The van der Waals surface area contributed by atoms with E-state index < -0.39 is 51.3 Å². The molecule has 0 amide bonds. The SMILES string of the molecule is CC[Si](CC)O[C@H]1[C@H]2O[C@](C)(OC)[C@@](C)(OC)O[C@@H]2[C@H](OC)O[C@H]1CO. The number of fused-ring (bicyclic) bond motifs is 1. The summed E-state index contributed by atoms with van der Waals surface area (Å²) >= 11 is 0. The molecule has 9 heteroatoms. The first-order valence-corrected chi connectivity index (χ1v) is 10.9. The van der Waals surface area contributed by atoms with E-state index >= 15 is 0 Å². The maximum atomic E-state index is 9.86. The van der Waals surface area contributed by atoms with E-state index in [4.69, 9.17) is 32.8 Å². The first kappa shape index (κ1) is 22.2. The molecule has 2 saturated heterocycles. The van der Waals surface area contributed by atoms with E-state index in [1.165, 1.54) is 14.2 Å². The summed E-state index contributed by atoms with van der Waals surface area (Å²) in [6, 6.07) is 1.89. The highest BCUT2D eigenvalue weighted by molar-refractivity contribution is 6.51. The van der Waals surface area contributed by atoms with Crippen molar-refractivity contribution in [2.75, 3.05) is 27.9 Å². The van der Waals surface area contributed by atoms with Crippen LogP contribution in [0.5, 0.6) is 0 Å². The lowest BCUT2D eigenvalue weighted by molar-refractivity contribution is -0.482. The summed E-state index contributed by atoms with van der Waals surface area (Å²) in [7, 11) is 3.55. The van der Waals surface area contributed by atoms with Crippen LogP contribution in [0.1, 0.15) is 27.7 Å². The highest BCUT2D eigenvalue weighted by Crippen LogP contribution is 2.44. The lowest BCUT2D eigenvalue weighted by atomic mass is 9.94. The molecule has 2 heterocycles. The Labute approximate surface area is 157 Å². The third-order valence-electron chi connectivity index (χ3n) is 5.42. The van der Waals surface area contributed by atoms with Gasteiger partial charge in [-0.25, -0.2) is 0 Å². The number of aliphatic hydroxyl groups excluding tert-OH is 1. The number of hydrogen-bond donors (Lipinski definition) is 1. The van der Waals surface area contributed by atoms with Crippen molar-refractivity contribution in [3.8, 4) is 0 Å². The molecular weight excluding hydrogens is 360 g/mol. The van der Waals surface area contributed by atoms with E-state index in [0.717, 1.165) is 12.1 Å². The Bertz CT molecular complexity index is 450. The number of methoxy groups -OCH3 is 3. The van der Waals surface area contributed by atoms with Gasteiger partial charge >= 0.3 is 0 Å². The molecule has 2 fully saturated rings. The number of hydrogen-bond acceptors (Lipinski definition) is 8. The van der Waals surface area contributed by atoms with Crippen LogP contribution >= 0.6 is 0 Å². The van der Waals surface area contributed by atoms with E-state index in [9.17, 15) is 5.11 Å². The lowest BCUT2D eigenvalue weighted by Gasteiger charge is -2.57. The molecule has 0 unspecified atom stereocenters. The Balaban J connectivity index is 2.38. The van der Waals surface area contributed by atoms with Gasteiger partial charge in [-0.1, -0.05) is 13.8 Å². The molecule has 2 aliphatic heterocycles. The molecular formula is C17H33O8Si. The van der Waals surface area contributed by atoms with Crippen molar-refractivity contribution in [2.24, 2.45) is 0 Å². The zero-order valence-corrected chi connectivity index (χ0v) is 17.8. The molecule has 0 aromatic heterocycles. The fraction of sp³-hybridized carbons (Fsp3) is 1.00. The molecule has 0 aliphatic carbocycles. The van der Waals surface area contributed by atoms with Crippen LogP contribution in [0.25, 0.3) is 0 Å². The molecule has 153 valence electrons. The maximum absolute atomic E-state index is 9.86. The third kappa shape index (κ3) is 3.87. The molecule has 2 aliphatic rings. The smallest absolute Gasteiger partial charge is 0.220 e. The van der Waals surface area contributed by atoms with Crippen molar-refractivity contribution in [3.63, 3.8) is 0 Å². The van der Waals surface area contributed by atoms with Gasteiger partial charge < -0.3 is 38.0 Å². The van der Waals surface area contributed by atoms with Gasteiger partial charge in [0.05, 0.1) is 6.61 Å². The van der Waals surface area contributed by atoms with Crippen LogP contribution in [0.3, 0.4) is 0 Å². The Morgan fingerprint density at radius 3 is 1.92 bits per heavy atom. The van der Waals surface area contributed by atoms with Gasteiger partial charge in [-0.05, 0) is 25.9 Å². The number of rotatable bonds is 8. The molecule has 26 heavy (non-hydrogen) atoms. The van der Waals surface area contributed by atoms with Crippen molar-refractivity contribution in [1.82, 2.24) is 0 Å². The van der Waals surface area contributed by atoms with Crippen molar-refractivity contribution in [3.05, 3.63) is 0 Å². The normalized spacial score (nSPS) is 43.5. The van der Waals surface area contributed by atoms with Gasteiger partial charge in [0.15, 0.2) is 6.29 Å². The van der Waals surface area contributed by atoms with Gasteiger partial charge in [0.25, 0.3) is 0 Å². The minimum absolute atomic E-state index is 0.203. The number of ether oxygens (including phenoxy) is 6. The van der Waals surface area contributed by atoms with Crippen LogP contribution in [0, 0.1) is 0 Å². The van der Waals surface area contributed by atoms with Crippen molar-refractivity contribution < 1.29 is 38.0 Å². The zero-order chi connectivity index (χ0) is 19.5. The Kier molecular flexibility index (Phi) is 7.62. The van der Waals surface area contributed by atoms with Crippen LogP contribution in [0.2, 0.25) is 12.1 Å². The second kappa shape index (κ2) is 8.93. The fourth-order valence-corrected chi connectivity index (χ4v) is 4.93. The Morgan fingerprint density at radius 2 is 1.50 bits per heavy atom. The number of aliphatic hydroxyl groups is 1. The molecule has 1 N–H and O–H groups in total. The van der Waals surface area contributed by atoms with E-state index in [1.54, 1.807) is 21.0 Å². The van der Waals surface area contributed by atoms with Crippen LogP contribution in [0.15, 0.2) is 0 Å². The van der Waals surface area contributed by atoms with E-state index in [1.807, 2.05) is 0 Å². The fourth-order valence-electron chi connectivity index (χ4n) is 3.43. The van der Waals surface area contributed by atoms with Gasteiger partial charge in [0.2, 0.25) is 20.6 Å². The molecule has 0 aromatic rings. The maximum Gasteiger partial charge on any atom is 0.220 e. The second-order valence-electron chi connectivity index (χ2n) is 6.75. The largest absolute Gasteiger partial charge is 0.408 e. The van der Waals surface area contributed by atoms with Crippen LogP contribution in [0.4, 0.5) is 0 Å². The molecule has 1 radical (unpaired) electrons. The minimum atomic E-state index is -1.16. The van der Waals surface area contributed by atoms with Crippen LogP contribution in [-0.2, 0) is 32.8 Å². The Morgan fingerprint density at radius 1 is 0.962 bits per heavy atom. The highest BCUT2D eigenvalue weighted by atomic mass is 28.3. The molecule has 2 rings (SSSR count). The van der Waals surface area contributed by atoms with E-state index in [-0.39, 0.29) is 6.61 Å². The van der Waals surface area contributed by atoms with E-state index in [0.29, 0.717) is 0 Å². The second-order valence-corrected chi connectivity index (χ2v) is 9.48. The summed E-state index contributed by atoms with van der Waals surface area (Å²) < 4.78 is 41.5. The van der Waals surface area contributed by atoms with Crippen molar-refractivity contribution in [1.29, 1.82) is 0 Å². The van der Waals surface area contributed by atoms with Crippen molar-refractivity contribution >= 4 is 9.04 Å². The van der Waals surface area contributed by atoms with Gasteiger partial charge in [-0.3, -0.25) is 0 Å². The molecule has 0 saturated carbocycles. The predicted octanol–water partition coefficient (Wildman–Crippen LogP) is 1.28. The summed E-state index contributed by atoms with van der Waals surface area (Å²) in [6.45, 7) is 7.51. The lowest BCUT2D eigenvalue weighted by Crippen LogP contribution is -2.73. The summed E-state index contributed by atoms with van der Waals surface area (Å²) in [4.78, 5) is 0. The van der Waals surface area contributed by atoms with Crippen LogP contribution < -0.4 is 0 Å². The molecule has 0 spiro atoms. The van der Waals surface area contributed by atoms with Gasteiger partial charge in [-0.15, -0.1) is 0 Å². The van der Waals surface area contributed by atoms with Crippen LogP contribution in [-0.4, -0.2) is 84.4 Å². The third-order valence-corrected chi connectivity index (χ3v) is 7.60. The monoisotopic (exact) mass is 393 g/mol. The van der Waals surface area contributed by atoms with Crippen molar-refractivity contribution in [2.45, 2.75) is 82.1 Å². The standard InChI is InChI=1S/C17H33O8Si/c1-8-26(9-2)25-12-11(10-18)22-15(19-5)14-13(12)23-16(3,20-6)17(4,21-7)24-14/h11-15,18H,8-10H2,1-7H3/t11-,12+,13+,14-,15+,16-,17-/m0/s1. The predicted molar refractivity (Wildman–Crippen MR) is 94.9 cm³/mol. The van der Waals surface area contributed by atoms with Gasteiger partial charge in [0, 0.05) is 21.3 Å². The molecule has 8 nitrogen and oxygen atoms in total. The first-order chi connectivity index (χ1) is 12.3. The summed E-state index contributed by atoms with van der Waals surface area (Å²) in [6.07, 6.45) is -2.89. The Hall–Kier alpha value is -0.103. The molecule has 0 bridgehead atoms. The topological polar surface area (TPSA) is 84.8 Å². The average Bonchev–Trinajstić information content (AvgIpc) is 2.66. The quantitative estimate of drug-likeness (QED) is 0.617. The van der Waals surface area contributed by atoms with Gasteiger partial charge in [-0.2, -0.15) is 0 Å². The summed E-state index contributed by atoms with van der Waals surface area (Å²) in [5, 5.41) is 9.86. The van der Waals surface area contributed by atoms with Gasteiger partial charge in [0.1, 0.15) is 24.4 Å².